The fraction of sp³-hybridized carbons (Fsp3) is 0.167. The molecule has 1 aromatic rings. The predicted molar refractivity (Wildman–Crippen MR) is 57.3 cm³/mol. The molecular formula is C12H12O3. The molecule has 15 heavy (non-hydrogen) atoms. The lowest BCUT2D eigenvalue weighted by molar-refractivity contribution is -0.144. The SMILES string of the molecule is CC(C(=O)O)C(=O)C=Cc1ccccc1. The molecule has 3 nitrogen and oxygen atoms in total. The zero-order valence-electron chi connectivity index (χ0n) is 8.38. The van der Waals surface area contributed by atoms with Crippen LogP contribution in [0, 0.1) is 5.92 Å². The van der Waals surface area contributed by atoms with E-state index in [0.29, 0.717) is 0 Å². The summed E-state index contributed by atoms with van der Waals surface area (Å²) in [5.41, 5.74) is 0.878. The van der Waals surface area contributed by atoms with Gasteiger partial charge in [-0.25, -0.2) is 0 Å². The van der Waals surface area contributed by atoms with Gasteiger partial charge in [0.15, 0.2) is 5.78 Å². The zero-order valence-corrected chi connectivity index (χ0v) is 8.38. The Kier molecular flexibility index (Phi) is 3.80. The summed E-state index contributed by atoms with van der Waals surface area (Å²) >= 11 is 0. The highest BCUT2D eigenvalue weighted by Crippen LogP contribution is 2.04. The minimum Gasteiger partial charge on any atom is -0.481 e. The smallest absolute Gasteiger partial charge is 0.314 e. The van der Waals surface area contributed by atoms with Gasteiger partial charge in [0.05, 0.1) is 0 Å². The van der Waals surface area contributed by atoms with E-state index < -0.39 is 17.7 Å². The van der Waals surface area contributed by atoms with Gasteiger partial charge in [0.25, 0.3) is 0 Å². The summed E-state index contributed by atoms with van der Waals surface area (Å²) in [6.45, 7) is 1.38. The van der Waals surface area contributed by atoms with Crippen molar-refractivity contribution >= 4 is 17.8 Å². The number of allylic oxidation sites excluding steroid dienone is 1. The average Bonchev–Trinajstić information content (AvgIpc) is 2.26. The summed E-state index contributed by atoms with van der Waals surface area (Å²) in [6, 6.07) is 9.26. The molecule has 0 aliphatic heterocycles. The van der Waals surface area contributed by atoms with Crippen molar-refractivity contribution in [1.29, 1.82) is 0 Å². The van der Waals surface area contributed by atoms with Crippen LogP contribution in [0.5, 0.6) is 0 Å². The van der Waals surface area contributed by atoms with Crippen molar-refractivity contribution in [2.75, 3.05) is 0 Å². The third-order valence-electron chi connectivity index (χ3n) is 2.04. The molecule has 1 aromatic carbocycles. The molecule has 1 N–H and O–H groups in total. The van der Waals surface area contributed by atoms with Crippen molar-refractivity contribution in [2.24, 2.45) is 5.92 Å². The van der Waals surface area contributed by atoms with Crippen LogP contribution in [0.15, 0.2) is 36.4 Å². The predicted octanol–water partition coefficient (Wildman–Crippen LogP) is 1.99. The Morgan fingerprint density at radius 2 is 1.87 bits per heavy atom. The molecule has 0 aliphatic rings. The minimum absolute atomic E-state index is 0.397. The summed E-state index contributed by atoms with van der Waals surface area (Å²) < 4.78 is 0. The fourth-order valence-corrected chi connectivity index (χ4v) is 1.01. The molecule has 1 rings (SSSR count). The van der Waals surface area contributed by atoms with Crippen LogP contribution in [0.3, 0.4) is 0 Å². The second-order valence-corrected chi connectivity index (χ2v) is 3.21. The Hall–Kier alpha value is -1.90. The van der Waals surface area contributed by atoms with Crippen LogP contribution in [0.1, 0.15) is 12.5 Å². The third kappa shape index (κ3) is 3.38. The molecule has 0 saturated heterocycles. The maximum absolute atomic E-state index is 11.3. The lowest BCUT2D eigenvalue weighted by Gasteiger charge is -1.99. The van der Waals surface area contributed by atoms with Gasteiger partial charge in [0.1, 0.15) is 5.92 Å². The second-order valence-electron chi connectivity index (χ2n) is 3.21. The highest BCUT2D eigenvalue weighted by Gasteiger charge is 2.17. The first-order chi connectivity index (χ1) is 7.11. The molecule has 0 aliphatic carbocycles. The van der Waals surface area contributed by atoms with E-state index in [2.05, 4.69) is 0 Å². The fourth-order valence-electron chi connectivity index (χ4n) is 1.01. The van der Waals surface area contributed by atoms with E-state index in [1.54, 1.807) is 6.08 Å². The normalized spacial score (nSPS) is 12.6. The monoisotopic (exact) mass is 204 g/mol. The Bertz CT molecular complexity index is 379. The van der Waals surface area contributed by atoms with Crippen LogP contribution in [0.25, 0.3) is 6.08 Å². The van der Waals surface area contributed by atoms with Gasteiger partial charge in [-0.15, -0.1) is 0 Å². The Balaban J connectivity index is 2.67. The van der Waals surface area contributed by atoms with E-state index in [1.807, 2.05) is 30.3 Å². The number of benzene rings is 1. The standard InChI is InChI=1S/C12H12O3/c1-9(12(14)15)11(13)8-7-10-5-3-2-4-6-10/h2-9H,1H3,(H,14,15). The van der Waals surface area contributed by atoms with Crippen LogP contribution in [-0.2, 0) is 9.59 Å². The molecule has 78 valence electrons. The number of hydrogen-bond acceptors (Lipinski definition) is 2. The van der Waals surface area contributed by atoms with Crippen molar-refractivity contribution < 1.29 is 14.7 Å². The van der Waals surface area contributed by atoms with E-state index in [-0.39, 0.29) is 0 Å². The maximum atomic E-state index is 11.3. The van der Waals surface area contributed by atoms with Crippen molar-refractivity contribution in [3.63, 3.8) is 0 Å². The Morgan fingerprint density at radius 3 is 2.40 bits per heavy atom. The van der Waals surface area contributed by atoms with E-state index in [0.717, 1.165) is 5.56 Å². The summed E-state index contributed by atoms with van der Waals surface area (Å²) in [5.74, 6) is -2.48. The topological polar surface area (TPSA) is 54.4 Å². The van der Waals surface area contributed by atoms with Crippen LogP contribution in [-0.4, -0.2) is 16.9 Å². The number of carboxylic acid groups (broad SMARTS) is 1. The molecule has 0 saturated carbocycles. The van der Waals surface area contributed by atoms with Gasteiger partial charge in [-0.2, -0.15) is 0 Å². The van der Waals surface area contributed by atoms with Crippen molar-refractivity contribution in [3.05, 3.63) is 42.0 Å². The van der Waals surface area contributed by atoms with Crippen LogP contribution >= 0.6 is 0 Å². The number of rotatable bonds is 4. The second kappa shape index (κ2) is 5.10. The first kappa shape index (κ1) is 11.2. The molecule has 1 unspecified atom stereocenters. The molecule has 0 fully saturated rings. The van der Waals surface area contributed by atoms with Crippen LogP contribution in [0.2, 0.25) is 0 Å². The molecular weight excluding hydrogens is 192 g/mol. The highest BCUT2D eigenvalue weighted by atomic mass is 16.4. The minimum atomic E-state index is -1.10. The van der Waals surface area contributed by atoms with Crippen LogP contribution in [0.4, 0.5) is 0 Å². The van der Waals surface area contributed by atoms with Crippen molar-refractivity contribution in [3.8, 4) is 0 Å². The van der Waals surface area contributed by atoms with Gasteiger partial charge in [-0.3, -0.25) is 9.59 Å². The highest BCUT2D eigenvalue weighted by molar-refractivity contribution is 6.05. The maximum Gasteiger partial charge on any atom is 0.314 e. The molecule has 1 atom stereocenters. The Morgan fingerprint density at radius 1 is 1.27 bits per heavy atom. The van der Waals surface area contributed by atoms with Crippen molar-refractivity contribution in [2.45, 2.75) is 6.92 Å². The molecule has 0 bridgehead atoms. The van der Waals surface area contributed by atoms with Gasteiger partial charge in [0, 0.05) is 0 Å². The number of carboxylic acids is 1. The molecule has 3 heteroatoms. The first-order valence-corrected chi connectivity index (χ1v) is 4.61. The zero-order chi connectivity index (χ0) is 11.3. The van der Waals surface area contributed by atoms with Gasteiger partial charge in [0.2, 0.25) is 0 Å². The molecule has 0 heterocycles. The Labute approximate surface area is 88.0 Å². The van der Waals surface area contributed by atoms with Gasteiger partial charge in [-0.1, -0.05) is 36.4 Å². The van der Waals surface area contributed by atoms with E-state index in [4.69, 9.17) is 5.11 Å². The summed E-state index contributed by atoms with van der Waals surface area (Å²) in [5, 5.41) is 8.59. The number of ketones is 1. The van der Waals surface area contributed by atoms with E-state index in [9.17, 15) is 9.59 Å². The summed E-state index contributed by atoms with van der Waals surface area (Å²) in [6.07, 6.45) is 2.91. The molecule has 0 spiro atoms. The molecule has 0 amide bonds. The quantitative estimate of drug-likeness (QED) is 0.602. The van der Waals surface area contributed by atoms with Gasteiger partial charge < -0.3 is 5.11 Å². The summed E-state index contributed by atoms with van der Waals surface area (Å²) in [7, 11) is 0. The van der Waals surface area contributed by atoms with E-state index >= 15 is 0 Å². The lowest BCUT2D eigenvalue weighted by Crippen LogP contribution is -2.18. The summed E-state index contributed by atoms with van der Waals surface area (Å²) in [4.78, 5) is 21.8. The third-order valence-corrected chi connectivity index (χ3v) is 2.04. The van der Waals surface area contributed by atoms with E-state index in [1.165, 1.54) is 13.0 Å². The van der Waals surface area contributed by atoms with Crippen LogP contribution < -0.4 is 0 Å². The number of carbonyl (C=O) groups is 2. The largest absolute Gasteiger partial charge is 0.481 e. The lowest BCUT2D eigenvalue weighted by atomic mass is 10.1. The van der Waals surface area contributed by atoms with Gasteiger partial charge in [-0.05, 0) is 18.6 Å². The number of hydrogen-bond donors (Lipinski definition) is 1. The molecule has 0 aromatic heterocycles. The number of carbonyl (C=O) groups excluding carboxylic acids is 1. The van der Waals surface area contributed by atoms with Gasteiger partial charge >= 0.3 is 5.97 Å². The average molecular weight is 204 g/mol. The first-order valence-electron chi connectivity index (χ1n) is 4.61. The number of aliphatic carboxylic acids is 1. The molecule has 0 radical (unpaired) electrons. The van der Waals surface area contributed by atoms with Crippen molar-refractivity contribution in [1.82, 2.24) is 0 Å².